The van der Waals surface area contributed by atoms with Crippen LogP contribution in [0.25, 0.3) is 0 Å². The molecule has 1 saturated heterocycles. The van der Waals surface area contributed by atoms with Gasteiger partial charge in [-0.3, -0.25) is 9.69 Å². The molecule has 0 unspecified atom stereocenters. The number of aliphatic carboxylic acids is 1. The molecule has 0 aromatic carbocycles. The van der Waals surface area contributed by atoms with Crippen molar-refractivity contribution < 1.29 is 14.6 Å². The Morgan fingerprint density at radius 3 is 2.53 bits per heavy atom. The second kappa shape index (κ2) is 5.47. The van der Waals surface area contributed by atoms with Gasteiger partial charge >= 0.3 is 5.97 Å². The molecule has 0 aliphatic carbocycles. The molecule has 1 aliphatic rings. The van der Waals surface area contributed by atoms with Crippen LogP contribution < -0.4 is 0 Å². The summed E-state index contributed by atoms with van der Waals surface area (Å²) in [5, 5.41) is 9.36. The molecule has 4 nitrogen and oxygen atoms in total. The Hall–Kier alpha value is -0.610. The van der Waals surface area contributed by atoms with Crippen LogP contribution in [0.15, 0.2) is 0 Å². The summed E-state index contributed by atoms with van der Waals surface area (Å²) in [5.41, 5.74) is -0.687. The minimum absolute atomic E-state index is 0.558. The fraction of sp³-hybridized carbons (Fsp3) is 0.909. The average Bonchev–Trinajstić information content (AvgIpc) is 2.26. The lowest BCUT2D eigenvalue weighted by Gasteiger charge is -2.40. The standard InChI is InChI=1S/C11H21NO3/c1-3-4-7-12(2)11(10(13)14)5-8-15-9-6-11/h3-9H2,1-2H3,(H,13,14). The summed E-state index contributed by atoms with van der Waals surface area (Å²) in [6, 6.07) is 0. The Morgan fingerprint density at radius 1 is 1.47 bits per heavy atom. The first-order valence-corrected chi connectivity index (χ1v) is 5.66. The smallest absolute Gasteiger partial charge is 0.324 e. The molecule has 1 rings (SSSR count). The number of nitrogens with zero attached hydrogens (tertiary/aromatic N) is 1. The van der Waals surface area contributed by atoms with Crippen LogP contribution in [0.4, 0.5) is 0 Å². The van der Waals surface area contributed by atoms with Gasteiger partial charge in [0.25, 0.3) is 0 Å². The molecule has 0 bridgehead atoms. The van der Waals surface area contributed by atoms with Gasteiger partial charge in [0.05, 0.1) is 0 Å². The Labute approximate surface area is 91.2 Å². The number of hydrogen-bond donors (Lipinski definition) is 1. The van der Waals surface area contributed by atoms with Gasteiger partial charge in [-0.15, -0.1) is 0 Å². The normalized spacial score (nSPS) is 20.5. The van der Waals surface area contributed by atoms with Crippen molar-refractivity contribution >= 4 is 5.97 Å². The third-order valence-corrected chi connectivity index (χ3v) is 3.30. The lowest BCUT2D eigenvalue weighted by Crippen LogP contribution is -2.56. The molecule has 1 aliphatic heterocycles. The Morgan fingerprint density at radius 2 is 2.07 bits per heavy atom. The SMILES string of the molecule is CCCCN(C)C1(C(=O)O)CCOCC1. The molecule has 0 aromatic heterocycles. The van der Waals surface area contributed by atoms with E-state index in [1.54, 1.807) is 0 Å². The summed E-state index contributed by atoms with van der Waals surface area (Å²) in [5.74, 6) is -0.704. The number of hydrogen-bond acceptors (Lipinski definition) is 3. The fourth-order valence-corrected chi connectivity index (χ4v) is 2.08. The number of carboxylic acids is 1. The van der Waals surface area contributed by atoms with Crippen LogP contribution in [0, 0.1) is 0 Å². The highest BCUT2D eigenvalue weighted by molar-refractivity contribution is 5.78. The van der Waals surface area contributed by atoms with E-state index in [1.165, 1.54) is 0 Å². The van der Waals surface area contributed by atoms with E-state index < -0.39 is 11.5 Å². The molecule has 1 heterocycles. The highest BCUT2D eigenvalue weighted by Crippen LogP contribution is 2.27. The zero-order chi connectivity index (χ0) is 11.3. The maximum atomic E-state index is 11.4. The van der Waals surface area contributed by atoms with Crippen molar-refractivity contribution in [3.63, 3.8) is 0 Å². The lowest BCUT2D eigenvalue weighted by atomic mass is 9.88. The van der Waals surface area contributed by atoms with E-state index in [4.69, 9.17) is 4.74 Å². The van der Waals surface area contributed by atoms with Gasteiger partial charge in [0, 0.05) is 13.2 Å². The maximum absolute atomic E-state index is 11.4. The molecular formula is C11H21NO3. The average molecular weight is 215 g/mol. The number of carbonyl (C=O) groups is 1. The van der Waals surface area contributed by atoms with E-state index in [0.717, 1.165) is 19.4 Å². The predicted octanol–water partition coefficient (Wildman–Crippen LogP) is 1.35. The molecule has 15 heavy (non-hydrogen) atoms. The summed E-state index contributed by atoms with van der Waals surface area (Å²) in [4.78, 5) is 13.4. The van der Waals surface area contributed by atoms with Gasteiger partial charge in [-0.05, 0) is 32.9 Å². The quantitative estimate of drug-likeness (QED) is 0.752. The van der Waals surface area contributed by atoms with Crippen LogP contribution in [0.1, 0.15) is 32.6 Å². The second-order valence-corrected chi connectivity index (χ2v) is 4.22. The third-order valence-electron chi connectivity index (χ3n) is 3.30. The first-order chi connectivity index (χ1) is 7.13. The largest absolute Gasteiger partial charge is 0.480 e. The molecule has 1 N–H and O–H groups in total. The molecule has 0 atom stereocenters. The molecule has 1 fully saturated rings. The maximum Gasteiger partial charge on any atom is 0.324 e. The predicted molar refractivity (Wildman–Crippen MR) is 58.0 cm³/mol. The van der Waals surface area contributed by atoms with Gasteiger partial charge in [-0.2, -0.15) is 0 Å². The van der Waals surface area contributed by atoms with Crippen molar-refractivity contribution in [2.75, 3.05) is 26.8 Å². The first-order valence-electron chi connectivity index (χ1n) is 5.66. The van der Waals surface area contributed by atoms with E-state index in [1.807, 2.05) is 11.9 Å². The van der Waals surface area contributed by atoms with Crippen molar-refractivity contribution in [3.05, 3.63) is 0 Å². The number of carboxylic acid groups (broad SMARTS) is 1. The fourth-order valence-electron chi connectivity index (χ4n) is 2.08. The number of unbranched alkanes of at least 4 members (excludes halogenated alkanes) is 1. The Balaban J connectivity index is 2.66. The topological polar surface area (TPSA) is 49.8 Å². The highest BCUT2D eigenvalue weighted by Gasteiger charge is 2.43. The van der Waals surface area contributed by atoms with Gasteiger partial charge < -0.3 is 9.84 Å². The van der Waals surface area contributed by atoms with Crippen molar-refractivity contribution in [2.45, 2.75) is 38.1 Å². The molecule has 0 radical (unpaired) electrons. The number of rotatable bonds is 5. The van der Waals surface area contributed by atoms with Crippen molar-refractivity contribution in [2.24, 2.45) is 0 Å². The van der Waals surface area contributed by atoms with E-state index in [2.05, 4.69) is 6.92 Å². The zero-order valence-electron chi connectivity index (χ0n) is 9.66. The van der Waals surface area contributed by atoms with Crippen LogP contribution in [-0.2, 0) is 9.53 Å². The van der Waals surface area contributed by atoms with Crippen LogP contribution in [0.2, 0.25) is 0 Å². The van der Waals surface area contributed by atoms with Crippen molar-refractivity contribution in [1.29, 1.82) is 0 Å². The van der Waals surface area contributed by atoms with Crippen molar-refractivity contribution in [3.8, 4) is 0 Å². The zero-order valence-corrected chi connectivity index (χ0v) is 9.66. The number of likely N-dealkylation sites (N-methyl/N-ethyl adjacent to an activating group) is 1. The van der Waals surface area contributed by atoms with Crippen LogP contribution in [0.5, 0.6) is 0 Å². The lowest BCUT2D eigenvalue weighted by molar-refractivity contribution is -0.157. The van der Waals surface area contributed by atoms with E-state index in [0.29, 0.717) is 26.1 Å². The van der Waals surface area contributed by atoms with Crippen LogP contribution in [-0.4, -0.2) is 48.3 Å². The van der Waals surface area contributed by atoms with Gasteiger partial charge in [-0.25, -0.2) is 0 Å². The van der Waals surface area contributed by atoms with E-state index in [9.17, 15) is 9.90 Å². The molecule has 0 aromatic rings. The van der Waals surface area contributed by atoms with E-state index >= 15 is 0 Å². The monoisotopic (exact) mass is 215 g/mol. The van der Waals surface area contributed by atoms with Gasteiger partial charge in [0.2, 0.25) is 0 Å². The highest BCUT2D eigenvalue weighted by atomic mass is 16.5. The molecule has 0 spiro atoms. The minimum atomic E-state index is -0.704. The summed E-state index contributed by atoms with van der Waals surface area (Å²) < 4.78 is 5.24. The Kier molecular flexibility index (Phi) is 4.54. The summed E-state index contributed by atoms with van der Waals surface area (Å²) in [6.45, 7) is 4.08. The Bertz CT molecular complexity index is 212. The van der Waals surface area contributed by atoms with E-state index in [-0.39, 0.29) is 0 Å². The number of ether oxygens (including phenoxy) is 1. The van der Waals surface area contributed by atoms with Gasteiger partial charge in [0.15, 0.2) is 0 Å². The molecule has 0 amide bonds. The second-order valence-electron chi connectivity index (χ2n) is 4.22. The van der Waals surface area contributed by atoms with Crippen LogP contribution in [0.3, 0.4) is 0 Å². The summed E-state index contributed by atoms with van der Waals surface area (Å²) in [7, 11) is 1.91. The van der Waals surface area contributed by atoms with Gasteiger partial charge in [-0.1, -0.05) is 13.3 Å². The molecule has 88 valence electrons. The molecule has 0 saturated carbocycles. The molecule has 4 heteroatoms. The summed E-state index contributed by atoms with van der Waals surface area (Å²) in [6.07, 6.45) is 3.34. The van der Waals surface area contributed by atoms with Crippen LogP contribution >= 0.6 is 0 Å². The summed E-state index contributed by atoms with van der Waals surface area (Å²) >= 11 is 0. The first kappa shape index (κ1) is 12.5. The minimum Gasteiger partial charge on any atom is -0.480 e. The third kappa shape index (κ3) is 2.69. The van der Waals surface area contributed by atoms with Gasteiger partial charge in [0.1, 0.15) is 5.54 Å². The molecular weight excluding hydrogens is 194 g/mol. The van der Waals surface area contributed by atoms with Crippen molar-refractivity contribution in [1.82, 2.24) is 4.90 Å².